The quantitative estimate of drug-likeness (QED) is 0.104. The van der Waals surface area contributed by atoms with Crippen molar-refractivity contribution in [3.8, 4) is 0 Å². The van der Waals surface area contributed by atoms with E-state index in [1.54, 1.807) is 0 Å². The fourth-order valence-electron chi connectivity index (χ4n) is 7.59. The summed E-state index contributed by atoms with van der Waals surface area (Å²) in [7, 11) is 0. The maximum absolute atomic E-state index is 4.48. The van der Waals surface area contributed by atoms with Crippen LogP contribution in [0.1, 0.15) is 93.9 Å². The van der Waals surface area contributed by atoms with Gasteiger partial charge in [-0.2, -0.15) is 0 Å². The lowest BCUT2D eigenvalue weighted by atomic mass is 9.71. The van der Waals surface area contributed by atoms with Crippen LogP contribution in [0.2, 0.25) is 0 Å². The molecule has 0 spiro atoms. The van der Waals surface area contributed by atoms with Crippen LogP contribution in [0.15, 0.2) is 218 Å². The lowest BCUT2D eigenvalue weighted by molar-refractivity contribution is 0.383. The second kappa shape index (κ2) is 20.9. The van der Waals surface area contributed by atoms with Gasteiger partial charge >= 0.3 is 0 Å². The second-order valence-corrected chi connectivity index (χ2v) is 14.9. The standard InChI is InChI=1S/C54H62/c1-10-13-14-15-16-17-18-27-50-40-41(4)39-46(9)53(50)49-30-28-47(29-31-49)36-38-54(12-3,37-11-2)51-34-32-48(33-35-51)52-44(7)25-21-19-23-42(5)43(6)24-20-22-26-45(52)8/h10-11,13,16-35,39-40,43,52-53H,2,5,7-9,12,14-15,36-38H2,1,3-4,6H3/b13-10-,17-16-,23-19-,24-20-,25-21-,26-22-,27-18-. The van der Waals surface area contributed by atoms with Crippen molar-refractivity contribution in [1.82, 2.24) is 0 Å². The molecule has 0 saturated carbocycles. The van der Waals surface area contributed by atoms with Crippen LogP contribution >= 0.6 is 0 Å². The summed E-state index contributed by atoms with van der Waals surface area (Å²) < 4.78 is 0. The van der Waals surface area contributed by atoms with Gasteiger partial charge in [0.15, 0.2) is 0 Å². The van der Waals surface area contributed by atoms with Gasteiger partial charge in [0.05, 0.1) is 0 Å². The molecule has 4 atom stereocenters. The average molecular weight is 711 g/mol. The van der Waals surface area contributed by atoms with Crippen LogP contribution in [0.25, 0.3) is 0 Å². The largest absolute Gasteiger partial charge is 0.103 e. The first-order chi connectivity index (χ1) is 26.1. The van der Waals surface area contributed by atoms with E-state index < -0.39 is 0 Å². The molecule has 2 aliphatic carbocycles. The van der Waals surface area contributed by atoms with E-state index in [4.69, 9.17) is 0 Å². The maximum atomic E-state index is 4.48. The Bertz CT molecular complexity index is 1910. The number of benzene rings is 2. The summed E-state index contributed by atoms with van der Waals surface area (Å²) in [6, 6.07) is 18.5. The molecule has 0 nitrogen and oxygen atoms in total. The zero-order valence-electron chi connectivity index (χ0n) is 33.4. The van der Waals surface area contributed by atoms with Gasteiger partial charge < -0.3 is 0 Å². The van der Waals surface area contributed by atoms with Crippen LogP contribution in [0.3, 0.4) is 0 Å². The van der Waals surface area contributed by atoms with Gasteiger partial charge in [0.2, 0.25) is 0 Å². The molecule has 54 heavy (non-hydrogen) atoms. The predicted molar refractivity (Wildman–Crippen MR) is 240 cm³/mol. The molecule has 0 saturated heterocycles. The molecule has 2 aliphatic rings. The van der Waals surface area contributed by atoms with E-state index in [0.717, 1.165) is 60.8 Å². The smallest absolute Gasteiger partial charge is 0.0334 e. The Labute approximate surface area is 328 Å². The summed E-state index contributed by atoms with van der Waals surface area (Å²) in [5, 5.41) is 0. The van der Waals surface area contributed by atoms with E-state index in [9.17, 15) is 0 Å². The Balaban J connectivity index is 1.52. The third kappa shape index (κ3) is 11.4. The number of unbranched alkanes of at least 4 members (excludes halogenated alkanes) is 1. The van der Waals surface area contributed by atoms with Gasteiger partial charge in [-0.25, -0.2) is 0 Å². The maximum Gasteiger partial charge on any atom is 0.0334 e. The van der Waals surface area contributed by atoms with Crippen LogP contribution in [-0.2, 0) is 11.8 Å². The second-order valence-electron chi connectivity index (χ2n) is 14.9. The normalized spacial score (nSPS) is 23.3. The molecule has 0 bridgehead atoms. The third-order valence-corrected chi connectivity index (χ3v) is 10.9. The fourth-order valence-corrected chi connectivity index (χ4v) is 7.59. The molecule has 2 aromatic rings. The Morgan fingerprint density at radius 1 is 0.704 bits per heavy atom. The van der Waals surface area contributed by atoms with Crippen LogP contribution < -0.4 is 0 Å². The average Bonchev–Trinajstić information content (AvgIpc) is 3.17. The molecule has 4 unspecified atom stereocenters. The first kappa shape index (κ1) is 41.6. The summed E-state index contributed by atoms with van der Waals surface area (Å²) in [5.41, 5.74) is 11.9. The first-order valence-electron chi connectivity index (χ1n) is 19.7. The van der Waals surface area contributed by atoms with Crippen molar-refractivity contribution in [3.05, 3.63) is 240 Å². The van der Waals surface area contributed by atoms with Crippen molar-refractivity contribution < 1.29 is 0 Å². The molecule has 0 radical (unpaired) electrons. The summed E-state index contributed by atoms with van der Waals surface area (Å²) in [6.07, 6.45) is 42.6. The van der Waals surface area contributed by atoms with Gasteiger partial charge in [-0.05, 0) is 114 Å². The molecule has 0 amide bonds. The first-order valence-corrected chi connectivity index (χ1v) is 19.7. The van der Waals surface area contributed by atoms with E-state index in [1.807, 2.05) is 0 Å². The molecule has 2 aromatic carbocycles. The minimum absolute atomic E-state index is 0.00672. The van der Waals surface area contributed by atoms with Gasteiger partial charge in [0, 0.05) is 11.8 Å². The van der Waals surface area contributed by atoms with E-state index in [2.05, 4.69) is 212 Å². The number of rotatable bonds is 14. The van der Waals surface area contributed by atoms with Gasteiger partial charge in [-0.3, -0.25) is 0 Å². The highest BCUT2D eigenvalue weighted by Gasteiger charge is 2.29. The molecule has 4 rings (SSSR count). The van der Waals surface area contributed by atoms with Crippen molar-refractivity contribution in [2.75, 3.05) is 0 Å². The summed E-state index contributed by atoms with van der Waals surface area (Å²) in [6.45, 7) is 30.5. The van der Waals surface area contributed by atoms with Crippen LogP contribution in [0.4, 0.5) is 0 Å². The molecule has 0 heterocycles. The summed E-state index contributed by atoms with van der Waals surface area (Å²) in [5.74, 6) is 0.408. The molecule has 0 heteroatoms. The van der Waals surface area contributed by atoms with Crippen LogP contribution in [-0.4, -0.2) is 0 Å². The van der Waals surface area contributed by atoms with Gasteiger partial charge in [0.25, 0.3) is 0 Å². The van der Waals surface area contributed by atoms with Crippen LogP contribution in [0, 0.1) is 5.92 Å². The van der Waals surface area contributed by atoms with Crippen molar-refractivity contribution in [2.24, 2.45) is 5.92 Å². The number of allylic oxidation sites excluding steroid dienone is 23. The minimum Gasteiger partial charge on any atom is -0.103 e. The minimum atomic E-state index is -0.0150. The van der Waals surface area contributed by atoms with E-state index in [1.165, 1.54) is 33.4 Å². The zero-order chi connectivity index (χ0) is 38.9. The number of aryl methyl sites for hydroxylation is 1. The SMILES string of the molecule is C=CCC(CC)(CCc1ccc(C2C(=C)C=C(C)C=C2/C=C\C=C/CC/C=C\C)cc1)c1ccc(C2C(=C)/C=C\C=C/C(=C)C(C)/C=C\C=C/C2=C)cc1. The Morgan fingerprint density at radius 3 is 1.96 bits per heavy atom. The number of hydrogen-bond donors (Lipinski definition) is 0. The molecule has 0 fully saturated rings. The van der Waals surface area contributed by atoms with Crippen molar-refractivity contribution in [2.45, 2.75) is 83.5 Å². The number of hydrogen-bond acceptors (Lipinski definition) is 0. The van der Waals surface area contributed by atoms with Gasteiger partial charge in [0.1, 0.15) is 0 Å². The van der Waals surface area contributed by atoms with Crippen molar-refractivity contribution >= 4 is 0 Å². The highest BCUT2D eigenvalue weighted by Crippen LogP contribution is 2.40. The summed E-state index contributed by atoms with van der Waals surface area (Å²) >= 11 is 0. The highest BCUT2D eigenvalue weighted by molar-refractivity contribution is 5.54. The molecule has 0 aliphatic heterocycles. The molecular weight excluding hydrogens is 649 g/mol. The lowest BCUT2D eigenvalue weighted by Crippen LogP contribution is -2.25. The fraction of sp³-hybridized carbons (Fsp3) is 0.259. The lowest BCUT2D eigenvalue weighted by Gasteiger charge is -2.33. The Morgan fingerprint density at radius 2 is 1.31 bits per heavy atom. The topological polar surface area (TPSA) is 0 Å². The van der Waals surface area contributed by atoms with E-state index in [0.29, 0.717) is 0 Å². The van der Waals surface area contributed by atoms with E-state index in [-0.39, 0.29) is 23.2 Å². The van der Waals surface area contributed by atoms with Gasteiger partial charge in [-0.1, -0.05) is 198 Å². The molecule has 0 aromatic heterocycles. The Kier molecular flexibility index (Phi) is 16.1. The van der Waals surface area contributed by atoms with Crippen LogP contribution in [0.5, 0.6) is 0 Å². The van der Waals surface area contributed by atoms with Crippen molar-refractivity contribution in [3.63, 3.8) is 0 Å². The molecule has 0 N–H and O–H groups in total. The molecule has 278 valence electrons. The Hall–Kier alpha value is -5.20. The highest BCUT2D eigenvalue weighted by atomic mass is 14.3. The van der Waals surface area contributed by atoms with Gasteiger partial charge in [-0.15, -0.1) is 6.58 Å². The van der Waals surface area contributed by atoms with E-state index >= 15 is 0 Å². The third-order valence-electron chi connectivity index (χ3n) is 10.9. The monoisotopic (exact) mass is 710 g/mol. The molecular formula is C54H62. The zero-order valence-corrected chi connectivity index (χ0v) is 33.4. The predicted octanol–water partition coefficient (Wildman–Crippen LogP) is 15.2. The van der Waals surface area contributed by atoms with Crippen molar-refractivity contribution in [1.29, 1.82) is 0 Å². The summed E-state index contributed by atoms with van der Waals surface area (Å²) in [4.78, 5) is 0.